The van der Waals surface area contributed by atoms with Crippen LogP contribution in [-0.2, 0) is 16.0 Å². The third kappa shape index (κ3) is 4.31. The van der Waals surface area contributed by atoms with Crippen LogP contribution in [0, 0.1) is 0 Å². The number of fused-ring (bicyclic) bond motifs is 1. The molecule has 0 aromatic heterocycles. The average Bonchev–Trinajstić information content (AvgIpc) is 2.78. The first-order chi connectivity index (χ1) is 12.9. The van der Waals surface area contributed by atoms with Crippen molar-refractivity contribution in [3.8, 4) is 11.5 Å². The van der Waals surface area contributed by atoms with Crippen molar-refractivity contribution in [2.24, 2.45) is 0 Å². The van der Waals surface area contributed by atoms with Crippen LogP contribution < -0.4 is 9.47 Å². The molecule has 0 N–H and O–H groups in total. The minimum absolute atomic E-state index is 0.0619. The molecule has 2 aromatic carbocycles. The molecule has 142 valence electrons. The van der Waals surface area contributed by atoms with Crippen molar-refractivity contribution in [1.82, 2.24) is 4.90 Å². The van der Waals surface area contributed by atoms with E-state index in [0.29, 0.717) is 11.4 Å². The van der Waals surface area contributed by atoms with Crippen molar-refractivity contribution < 1.29 is 19.1 Å². The molecule has 0 aliphatic carbocycles. The monoisotopic (exact) mass is 387 g/mol. The number of halogens is 1. The molecule has 5 nitrogen and oxygen atoms in total. The Bertz CT molecular complexity index is 866. The van der Waals surface area contributed by atoms with Gasteiger partial charge in [-0.2, -0.15) is 0 Å². The second-order valence-electron chi connectivity index (χ2n) is 6.75. The van der Waals surface area contributed by atoms with E-state index >= 15 is 0 Å². The summed E-state index contributed by atoms with van der Waals surface area (Å²) >= 11 is 6.65. The number of likely N-dealkylation sites (N-methyl/N-ethyl adjacent to an activating group) is 1. The summed E-state index contributed by atoms with van der Waals surface area (Å²) in [5.74, 6) is -0.676. The second kappa shape index (κ2) is 8.11. The van der Waals surface area contributed by atoms with Crippen LogP contribution >= 0.6 is 11.6 Å². The summed E-state index contributed by atoms with van der Waals surface area (Å²) < 4.78 is 10.6. The van der Waals surface area contributed by atoms with Gasteiger partial charge in [-0.05, 0) is 36.2 Å². The smallest absolute Gasteiger partial charge is 0.308 e. The molecular formula is C21H22ClNO4. The molecule has 2 aromatic rings. The van der Waals surface area contributed by atoms with E-state index in [4.69, 9.17) is 21.1 Å². The van der Waals surface area contributed by atoms with Crippen molar-refractivity contribution in [3.05, 3.63) is 58.1 Å². The Balaban J connectivity index is 2.21. The zero-order chi connectivity index (χ0) is 19.6. The van der Waals surface area contributed by atoms with Crippen LogP contribution in [0.4, 0.5) is 0 Å². The lowest BCUT2D eigenvalue weighted by molar-refractivity contribution is -0.134. The highest BCUT2D eigenvalue weighted by atomic mass is 35.5. The quantitative estimate of drug-likeness (QED) is 0.592. The Kier molecular flexibility index (Phi) is 5.82. The molecule has 0 amide bonds. The minimum Gasteiger partial charge on any atom is -0.423 e. The maximum absolute atomic E-state index is 11.6. The summed E-state index contributed by atoms with van der Waals surface area (Å²) in [4.78, 5) is 25.4. The summed E-state index contributed by atoms with van der Waals surface area (Å²) in [5.41, 5.74) is 3.06. The van der Waals surface area contributed by atoms with E-state index in [2.05, 4.69) is 24.1 Å². The fourth-order valence-electron chi connectivity index (χ4n) is 3.47. The van der Waals surface area contributed by atoms with E-state index in [-0.39, 0.29) is 17.4 Å². The summed E-state index contributed by atoms with van der Waals surface area (Å²) in [6.07, 6.45) is 0.711. The molecule has 6 heteroatoms. The van der Waals surface area contributed by atoms with Gasteiger partial charge in [-0.25, -0.2) is 0 Å². The van der Waals surface area contributed by atoms with Gasteiger partial charge >= 0.3 is 11.9 Å². The van der Waals surface area contributed by atoms with Gasteiger partial charge in [0.1, 0.15) is 0 Å². The standard InChI is InChI=1S/C21H22ClNO4/c1-13(24)26-19-11-17-16(20(22)21(19)27-14(2)25)9-10-23(3)12-18(17)15-7-5-4-6-8-15/h4-8,11,18H,9-10,12H2,1-3H3. The van der Waals surface area contributed by atoms with Gasteiger partial charge in [-0.1, -0.05) is 41.9 Å². The Morgan fingerprint density at radius 2 is 1.78 bits per heavy atom. The van der Waals surface area contributed by atoms with Crippen LogP contribution in [0.25, 0.3) is 0 Å². The fraction of sp³-hybridized carbons (Fsp3) is 0.333. The van der Waals surface area contributed by atoms with Crippen LogP contribution in [0.1, 0.15) is 36.5 Å². The highest BCUT2D eigenvalue weighted by Crippen LogP contribution is 2.45. The summed E-state index contributed by atoms with van der Waals surface area (Å²) in [7, 11) is 2.07. The molecule has 0 fully saturated rings. The largest absolute Gasteiger partial charge is 0.423 e. The molecule has 0 radical (unpaired) electrons. The molecule has 1 aliphatic heterocycles. The maximum Gasteiger partial charge on any atom is 0.308 e. The highest BCUT2D eigenvalue weighted by Gasteiger charge is 2.29. The predicted octanol–water partition coefficient (Wildman–Crippen LogP) is 3.81. The number of esters is 2. The van der Waals surface area contributed by atoms with Gasteiger partial charge in [-0.15, -0.1) is 0 Å². The van der Waals surface area contributed by atoms with Gasteiger partial charge in [-0.3, -0.25) is 9.59 Å². The second-order valence-corrected chi connectivity index (χ2v) is 7.13. The van der Waals surface area contributed by atoms with Gasteiger partial charge in [0.05, 0.1) is 5.02 Å². The summed E-state index contributed by atoms with van der Waals surface area (Å²) in [6.45, 7) is 4.22. The lowest BCUT2D eigenvalue weighted by atomic mass is 9.87. The number of benzene rings is 2. The topological polar surface area (TPSA) is 55.8 Å². The Morgan fingerprint density at radius 3 is 2.41 bits per heavy atom. The molecule has 1 unspecified atom stereocenters. The third-order valence-corrected chi connectivity index (χ3v) is 5.04. The van der Waals surface area contributed by atoms with Crippen LogP contribution in [0.5, 0.6) is 11.5 Å². The molecule has 0 bridgehead atoms. The van der Waals surface area contributed by atoms with Crippen molar-refractivity contribution in [2.75, 3.05) is 20.1 Å². The number of rotatable bonds is 3. The molecule has 1 atom stereocenters. The average molecular weight is 388 g/mol. The number of hydrogen-bond acceptors (Lipinski definition) is 5. The predicted molar refractivity (Wildman–Crippen MR) is 104 cm³/mol. The number of nitrogens with zero attached hydrogens (tertiary/aromatic N) is 1. The molecule has 1 aliphatic rings. The fourth-order valence-corrected chi connectivity index (χ4v) is 3.81. The van der Waals surface area contributed by atoms with E-state index in [1.54, 1.807) is 6.07 Å². The van der Waals surface area contributed by atoms with Crippen LogP contribution in [-0.4, -0.2) is 37.0 Å². The molecule has 1 heterocycles. The lowest BCUT2D eigenvalue weighted by Crippen LogP contribution is -2.24. The molecule has 27 heavy (non-hydrogen) atoms. The molecule has 0 spiro atoms. The Labute approximate surface area is 163 Å². The summed E-state index contributed by atoms with van der Waals surface area (Å²) in [5, 5.41) is 0.329. The first-order valence-corrected chi connectivity index (χ1v) is 9.20. The first kappa shape index (κ1) is 19.4. The highest BCUT2D eigenvalue weighted by molar-refractivity contribution is 6.33. The SMILES string of the molecule is CC(=O)Oc1cc2c(c(Cl)c1OC(C)=O)CCN(C)CC2c1ccccc1. The Morgan fingerprint density at radius 1 is 1.11 bits per heavy atom. The summed E-state index contributed by atoms with van der Waals surface area (Å²) in [6, 6.07) is 11.9. The molecule has 0 saturated carbocycles. The zero-order valence-corrected chi connectivity index (χ0v) is 16.4. The van der Waals surface area contributed by atoms with Crippen LogP contribution in [0.3, 0.4) is 0 Å². The number of hydrogen-bond donors (Lipinski definition) is 0. The van der Waals surface area contributed by atoms with E-state index in [1.807, 2.05) is 18.2 Å². The normalized spacial score (nSPS) is 17.0. The first-order valence-electron chi connectivity index (χ1n) is 8.82. The van der Waals surface area contributed by atoms with E-state index < -0.39 is 11.9 Å². The van der Waals surface area contributed by atoms with E-state index in [9.17, 15) is 9.59 Å². The van der Waals surface area contributed by atoms with Gasteiger partial charge in [0.15, 0.2) is 11.5 Å². The van der Waals surface area contributed by atoms with Gasteiger partial charge in [0.2, 0.25) is 0 Å². The van der Waals surface area contributed by atoms with Crippen molar-refractivity contribution in [2.45, 2.75) is 26.2 Å². The van der Waals surface area contributed by atoms with Crippen molar-refractivity contribution in [1.29, 1.82) is 0 Å². The number of carbonyl (C=O) groups is 2. The molecule has 3 rings (SSSR count). The zero-order valence-electron chi connectivity index (χ0n) is 15.6. The number of carbonyl (C=O) groups excluding carboxylic acids is 2. The maximum atomic E-state index is 11.6. The van der Waals surface area contributed by atoms with E-state index in [0.717, 1.165) is 29.8 Å². The van der Waals surface area contributed by atoms with E-state index in [1.165, 1.54) is 13.8 Å². The van der Waals surface area contributed by atoms with Crippen LogP contribution in [0.2, 0.25) is 5.02 Å². The van der Waals surface area contributed by atoms with Crippen molar-refractivity contribution in [3.63, 3.8) is 0 Å². The minimum atomic E-state index is -0.518. The van der Waals surface area contributed by atoms with Gasteiger partial charge in [0.25, 0.3) is 0 Å². The lowest BCUT2D eigenvalue weighted by Gasteiger charge is -2.23. The third-order valence-electron chi connectivity index (χ3n) is 4.64. The number of ether oxygens (including phenoxy) is 2. The van der Waals surface area contributed by atoms with Crippen LogP contribution in [0.15, 0.2) is 36.4 Å². The van der Waals surface area contributed by atoms with Crippen molar-refractivity contribution >= 4 is 23.5 Å². The molecular weight excluding hydrogens is 366 g/mol. The Hall–Kier alpha value is -2.37. The molecule has 0 saturated heterocycles. The van der Waals surface area contributed by atoms with Gasteiger partial charge in [0, 0.05) is 32.9 Å². The van der Waals surface area contributed by atoms with Gasteiger partial charge < -0.3 is 14.4 Å².